The molecule has 2 N–H and O–H groups in total. The van der Waals surface area contributed by atoms with Crippen LogP contribution >= 0.6 is 0 Å². The lowest BCUT2D eigenvalue weighted by atomic mass is 10.1. The molecule has 2 rings (SSSR count). The number of phenolic OH excluding ortho intramolecular Hbond substituents is 1. The number of rotatable bonds is 7. The third-order valence-electron chi connectivity index (χ3n) is 3.65. The number of carboxylic acids is 1. The van der Waals surface area contributed by atoms with Gasteiger partial charge >= 0.3 is 5.97 Å². The average molecular weight is 339 g/mol. The first-order valence-electron chi connectivity index (χ1n) is 7.93. The van der Waals surface area contributed by atoms with Gasteiger partial charge in [0.2, 0.25) is 0 Å². The van der Waals surface area contributed by atoms with Crippen molar-refractivity contribution in [3.8, 4) is 11.5 Å². The van der Waals surface area contributed by atoms with E-state index >= 15 is 0 Å². The maximum absolute atomic E-state index is 11.1. The number of aromatic carboxylic acids is 1. The van der Waals surface area contributed by atoms with Gasteiger partial charge in [-0.3, -0.25) is 4.99 Å². The molecule has 5 nitrogen and oxygen atoms in total. The number of ether oxygens (including phenoxy) is 1. The highest BCUT2D eigenvalue weighted by Gasteiger charge is 2.10. The number of carboxylic acid groups (broad SMARTS) is 1. The number of allylic oxidation sites excluding steroid dienone is 1. The Hall–Kier alpha value is -3.08. The summed E-state index contributed by atoms with van der Waals surface area (Å²) in [4.78, 5) is 15.5. The molecule has 0 aliphatic heterocycles. The van der Waals surface area contributed by atoms with Gasteiger partial charge in [0.05, 0.1) is 17.9 Å². The van der Waals surface area contributed by atoms with Crippen LogP contribution in [-0.4, -0.2) is 29.0 Å². The SMILES string of the molecule is C=CCc1cc(C=Nc2cc(C(=O)O)ccc2C)cc(OCC)c1O. The van der Waals surface area contributed by atoms with Crippen molar-refractivity contribution < 1.29 is 19.7 Å². The van der Waals surface area contributed by atoms with Gasteiger partial charge in [-0.2, -0.15) is 0 Å². The van der Waals surface area contributed by atoms with Crippen molar-refractivity contribution >= 4 is 17.9 Å². The van der Waals surface area contributed by atoms with Crippen molar-refractivity contribution in [3.63, 3.8) is 0 Å². The van der Waals surface area contributed by atoms with E-state index in [1.54, 1.807) is 36.6 Å². The van der Waals surface area contributed by atoms with E-state index in [1.165, 1.54) is 6.07 Å². The molecule has 0 amide bonds. The molecule has 0 atom stereocenters. The maximum Gasteiger partial charge on any atom is 0.335 e. The zero-order valence-corrected chi connectivity index (χ0v) is 14.3. The fourth-order valence-corrected chi connectivity index (χ4v) is 2.37. The summed E-state index contributed by atoms with van der Waals surface area (Å²) >= 11 is 0. The maximum atomic E-state index is 11.1. The van der Waals surface area contributed by atoms with Crippen LogP contribution in [0.15, 0.2) is 48.0 Å². The van der Waals surface area contributed by atoms with E-state index in [0.29, 0.717) is 30.0 Å². The highest BCUT2D eigenvalue weighted by molar-refractivity contribution is 5.90. The number of benzene rings is 2. The molecule has 0 saturated heterocycles. The van der Waals surface area contributed by atoms with Crippen molar-refractivity contribution in [2.24, 2.45) is 4.99 Å². The number of aryl methyl sites for hydroxylation is 1. The molecule has 0 unspecified atom stereocenters. The second-order valence-corrected chi connectivity index (χ2v) is 5.52. The quantitative estimate of drug-likeness (QED) is 0.583. The van der Waals surface area contributed by atoms with Crippen LogP contribution in [0.4, 0.5) is 5.69 Å². The van der Waals surface area contributed by atoms with E-state index in [2.05, 4.69) is 11.6 Å². The fraction of sp³-hybridized carbons (Fsp3) is 0.200. The Morgan fingerprint density at radius 1 is 1.32 bits per heavy atom. The topological polar surface area (TPSA) is 79.1 Å². The third-order valence-corrected chi connectivity index (χ3v) is 3.65. The van der Waals surface area contributed by atoms with Crippen LogP contribution in [-0.2, 0) is 6.42 Å². The first-order chi connectivity index (χ1) is 12.0. The Morgan fingerprint density at radius 2 is 2.08 bits per heavy atom. The molecule has 0 radical (unpaired) electrons. The standard InChI is InChI=1S/C20H21NO4/c1-4-6-15-9-14(10-18(19(15)22)25-5-2)12-21-17-11-16(20(23)24)8-7-13(17)3/h4,7-12,22H,1,5-6H2,2-3H3,(H,23,24). The second-order valence-electron chi connectivity index (χ2n) is 5.52. The van der Waals surface area contributed by atoms with Gasteiger partial charge in [0.25, 0.3) is 0 Å². The van der Waals surface area contributed by atoms with Gasteiger partial charge in [-0.05, 0) is 55.7 Å². The number of carbonyl (C=O) groups is 1. The molecule has 5 heteroatoms. The summed E-state index contributed by atoms with van der Waals surface area (Å²) in [6.45, 7) is 7.83. The van der Waals surface area contributed by atoms with Gasteiger partial charge in [-0.1, -0.05) is 12.1 Å². The van der Waals surface area contributed by atoms with E-state index < -0.39 is 5.97 Å². The van der Waals surface area contributed by atoms with Crippen LogP contribution < -0.4 is 4.74 Å². The first-order valence-corrected chi connectivity index (χ1v) is 7.93. The number of hydrogen-bond donors (Lipinski definition) is 2. The minimum Gasteiger partial charge on any atom is -0.504 e. The van der Waals surface area contributed by atoms with Crippen molar-refractivity contribution in [1.82, 2.24) is 0 Å². The van der Waals surface area contributed by atoms with Gasteiger partial charge in [-0.25, -0.2) is 4.79 Å². The van der Waals surface area contributed by atoms with Gasteiger partial charge in [0.1, 0.15) is 0 Å². The fourth-order valence-electron chi connectivity index (χ4n) is 2.37. The van der Waals surface area contributed by atoms with Crippen LogP contribution in [0.1, 0.15) is 34.0 Å². The minimum atomic E-state index is -0.993. The molecule has 0 heterocycles. The van der Waals surface area contributed by atoms with Gasteiger partial charge in [-0.15, -0.1) is 6.58 Å². The average Bonchev–Trinajstić information content (AvgIpc) is 2.58. The Morgan fingerprint density at radius 3 is 2.72 bits per heavy atom. The predicted octanol–water partition coefficient (Wildman–Crippen LogP) is 4.28. The van der Waals surface area contributed by atoms with Crippen LogP contribution in [0, 0.1) is 6.92 Å². The molecule has 0 aromatic heterocycles. The lowest BCUT2D eigenvalue weighted by molar-refractivity contribution is 0.0697. The third kappa shape index (κ3) is 4.47. The number of nitrogens with zero attached hydrogens (tertiary/aromatic N) is 1. The number of aliphatic imine (C=N–C) groups is 1. The summed E-state index contributed by atoms with van der Waals surface area (Å²) in [6, 6.07) is 8.31. The Bertz CT molecular complexity index is 825. The predicted molar refractivity (Wildman–Crippen MR) is 98.6 cm³/mol. The largest absolute Gasteiger partial charge is 0.504 e. The van der Waals surface area contributed by atoms with Gasteiger partial charge < -0.3 is 14.9 Å². The van der Waals surface area contributed by atoms with Gasteiger partial charge in [0, 0.05) is 11.8 Å². The summed E-state index contributed by atoms with van der Waals surface area (Å²) in [6.07, 6.45) is 3.83. The number of hydrogen-bond acceptors (Lipinski definition) is 4. The van der Waals surface area contributed by atoms with Crippen LogP contribution in [0.2, 0.25) is 0 Å². The Labute approximate surface area is 146 Å². The molecule has 0 spiro atoms. The molecule has 0 aliphatic rings. The van der Waals surface area contributed by atoms with E-state index in [-0.39, 0.29) is 11.3 Å². The van der Waals surface area contributed by atoms with Crippen LogP contribution in [0.3, 0.4) is 0 Å². The van der Waals surface area contributed by atoms with Crippen molar-refractivity contribution in [2.75, 3.05) is 6.61 Å². The molecule has 0 bridgehead atoms. The molecule has 0 saturated carbocycles. The Balaban J connectivity index is 2.42. The zero-order chi connectivity index (χ0) is 18.4. The molecular formula is C20H21NO4. The van der Waals surface area contributed by atoms with E-state index in [9.17, 15) is 9.90 Å². The Kier molecular flexibility index (Phi) is 5.95. The molecule has 25 heavy (non-hydrogen) atoms. The lowest BCUT2D eigenvalue weighted by Gasteiger charge is -2.11. The van der Waals surface area contributed by atoms with E-state index in [4.69, 9.17) is 9.84 Å². The summed E-state index contributed by atoms with van der Waals surface area (Å²) in [5, 5.41) is 19.3. The van der Waals surface area contributed by atoms with Crippen molar-refractivity contribution in [2.45, 2.75) is 20.3 Å². The summed E-state index contributed by atoms with van der Waals surface area (Å²) in [5.74, 6) is -0.504. The second kappa shape index (κ2) is 8.15. The summed E-state index contributed by atoms with van der Waals surface area (Å²) in [5.41, 5.74) is 3.08. The lowest BCUT2D eigenvalue weighted by Crippen LogP contribution is -1.97. The smallest absolute Gasteiger partial charge is 0.335 e. The molecule has 130 valence electrons. The highest BCUT2D eigenvalue weighted by atomic mass is 16.5. The summed E-state index contributed by atoms with van der Waals surface area (Å²) < 4.78 is 5.47. The first kappa shape index (κ1) is 18.3. The van der Waals surface area contributed by atoms with E-state index in [0.717, 1.165) is 11.1 Å². The summed E-state index contributed by atoms with van der Waals surface area (Å²) in [7, 11) is 0. The van der Waals surface area contributed by atoms with E-state index in [1.807, 2.05) is 13.8 Å². The molecule has 0 aliphatic carbocycles. The molecular weight excluding hydrogens is 318 g/mol. The molecule has 0 fully saturated rings. The molecule has 2 aromatic rings. The zero-order valence-electron chi connectivity index (χ0n) is 14.3. The number of aromatic hydroxyl groups is 1. The van der Waals surface area contributed by atoms with Gasteiger partial charge in [0.15, 0.2) is 11.5 Å². The van der Waals surface area contributed by atoms with Crippen molar-refractivity contribution in [1.29, 1.82) is 0 Å². The van der Waals surface area contributed by atoms with Crippen molar-refractivity contribution in [3.05, 3.63) is 65.2 Å². The van der Waals surface area contributed by atoms with Crippen LogP contribution in [0.25, 0.3) is 0 Å². The minimum absolute atomic E-state index is 0.1000. The molecule has 2 aromatic carbocycles. The highest BCUT2D eigenvalue weighted by Crippen LogP contribution is 2.32. The van der Waals surface area contributed by atoms with Crippen LogP contribution in [0.5, 0.6) is 11.5 Å². The normalized spacial score (nSPS) is 10.8. The number of phenols is 1. The monoisotopic (exact) mass is 339 g/mol.